The summed E-state index contributed by atoms with van der Waals surface area (Å²) in [6.45, 7) is 0. The van der Waals surface area contributed by atoms with Gasteiger partial charge in [-0.25, -0.2) is 9.78 Å². The minimum atomic E-state index is -1.06. The van der Waals surface area contributed by atoms with Crippen LogP contribution in [0.1, 0.15) is 10.4 Å². The third kappa shape index (κ3) is 3.17. The molecule has 1 aromatic carbocycles. The number of hydrogen-bond acceptors (Lipinski definition) is 5. The van der Waals surface area contributed by atoms with Gasteiger partial charge in [-0.2, -0.15) is 4.98 Å². The van der Waals surface area contributed by atoms with Crippen LogP contribution in [-0.4, -0.2) is 28.2 Å². The van der Waals surface area contributed by atoms with Crippen molar-refractivity contribution in [2.24, 2.45) is 0 Å². The molecule has 0 spiro atoms. The summed E-state index contributed by atoms with van der Waals surface area (Å²) in [4.78, 5) is 18.7. The van der Waals surface area contributed by atoms with Crippen molar-refractivity contribution in [3.8, 4) is 17.6 Å². The molecule has 0 saturated carbocycles. The number of nitrogens with zero attached hydrogens (tertiary/aromatic N) is 2. The van der Waals surface area contributed by atoms with E-state index in [1.165, 1.54) is 25.4 Å². The Morgan fingerprint density at radius 3 is 2.85 bits per heavy atom. The van der Waals surface area contributed by atoms with Gasteiger partial charge < -0.3 is 14.6 Å². The van der Waals surface area contributed by atoms with Crippen LogP contribution in [0.4, 0.5) is 0 Å². The Hall–Kier alpha value is -1.86. The first kappa shape index (κ1) is 14.5. The van der Waals surface area contributed by atoms with Crippen molar-refractivity contribution < 1.29 is 19.4 Å². The van der Waals surface area contributed by atoms with E-state index in [2.05, 4.69) is 25.9 Å². The molecule has 0 amide bonds. The Kier molecular flexibility index (Phi) is 4.41. The first-order valence-electron chi connectivity index (χ1n) is 5.28. The number of aromatic nitrogens is 2. The Morgan fingerprint density at radius 2 is 2.20 bits per heavy atom. The van der Waals surface area contributed by atoms with Gasteiger partial charge in [0, 0.05) is 0 Å². The van der Waals surface area contributed by atoms with E-state index < -0.39 is 5.97 Å². The van der Waals surface area contributed by atoms with Crippen LogP contribution in [-0.2, 0) is 0 Å². The third-order valence-corrected chi connectivity index (χ3v) is 3.17. The smallest absolute Gasteiger partial charge is 0.335 e. The fraction of sp³-hybridized carbons (Fsp3) is 0.0833. The summed E-state index contributed by atoms with van der Waals surface area (Å²) in [6, 6.07) is 4.46. The first-order valence-corrected chi connectivity index (χ1v) is 6.45. The van der Waals surface area contributed by atoms with Gasteiger partial charge in [-0.15, -0.1) is 0 Å². The van der Waals surface area contributed by atoms with E-state index in [1.54, 1.807) is 6.07 Å². The van der Waals surface area contributed by atoms with Crippen molar-refractivity contribution in [2.75, 3.05) is 7.11 Å². The molecular weight excluding hydrogens is 351 g/mol. The number of methoxy groups -OCH3 is 1. The summed E-state index contributed by atoms with van der Waals surface area (Å²) in [5, 5.41) is 9.14. The summed E-state index contributed by atoms with van der Waals surface area (Å²) in [7, 11) is 1.41. The second-order valence-electron chi connectivity index (χ2n) is 3.56. The number of carbonyl (C=O) groups is 1. The highest BCUT2D eigenvalue weighted by molar-refractivity contribution is 9.10. The van der Waals surface area contributed by atoms with Crippen molar-refractivity contribution in [3.05, 3.63) is 39.5 Å². The molecule has 0 saturated heterocycles. The molecule has 2 aromatic rings. The molecule has 0 atom stereocenters. The first-order chi connectivity index (χ1) is 9.51. The molecule has 0 unspecified atom stereocenters. The van der Waals surface area contributed by atoms with Crippen molar-refractivity contribution >= 4 is 33.5 Å². The van der Waals surface area contributed by atoms with Gasteiger partial charge in [0.15, 0.2) is 0 Å². The van der Waals surface area contributed by atoms with E-state index in [1.807, 2.05) is 0 Å². The number of halogens is 2. The number of rotatable bonds is 4. The summed E-state index contributed by atoms with van der Waals surface area (Å²) in [6.07, 6.45) is 1.33. The molecule has 0 aliphatic rings. The van der Waals surface area contributed by atoms with Gasteiger partial charge in [0.2, 0.25) is 5.88 Å². The predicted octanol–water partition coefficient (Wildman–Crippen LogP) is 3.39. The molecule has 8 heteroatoms. The maximum atomic E-state index is 10.9. The fourth-order valence-corrected chi connectivity index (χ4v) is 1.78. The highest BCUT2D eigenvalue weighted by atomic mass is 79.9. The minimum absolute atomic E-state index is 0.0711. The average molecular weight is 360 g/mol. The second kappa shape index (κ2) is 6.06. The van der Waals surface area contributed by atoms with Crippen LogP contribution in [0.5, 0.6) is 17.6 Å². The largest absolute Gasteiger partial charge is 0.478 e. The molecule has 104 valence electrons. The van der Waals surface area contributed by atoms with Crippen LogP contribution >= 0.6 is 27.5 Å². The van der Waals surface area contributed by atoms with Crippen molar-refractivity contribution in [1.82, 2.24) is 9.97 Å². The van der Waals surface area contributed by atoms with Crippen LogP contribution in [0, 0.1) is 0 Å². The molecule has 2 rings (SSSR count). The van der Waals surface area contributed by atoms with Crippen molar-refractivity contribution in [1.29, 1.82) is 0 Å². The molecule has 0 aliphatic carbocycles. The van der Waals surface area contributed by atoms with E-state index in [-0.39, 0.29) is 28.2 Å². The number of benzene rings is 1. The van der Waals surface area contributed by atoms with Gasteiger partial charge in [0.05, 0.1) is 23.3 Å². The standard InChI is InChI=1S/C12H8BrClN2O4/c1-19-12-15-5-8(14)10(16-12)20-9-4-6(11(17)18)2-3-7(9)13/h2-5H,1H3,(H,17,18). The van der Waals surface area contributed by atoms with E-state index in [0.29, 0.717) is 4.47 Å². The second-order valence-corrected chi connectivity index (χ2v) is 4.82. The summed E-state index contributed by atoms with van der Waals surface area (Å²) in [5.74, 6) is -0.719. The highest BCUT2D eigenvalue weighted by Crippen LogP contribution is 2.33. The molecule has 0 radical (unpaired) electrons. The quantitative estimate of drug-likeness (QED) is 0.901. The Balaban J connectivity index is 2.38. The van der Waals surface area contributed by atoms with Crippen LogP contribution in [0.25, 0.3) is 0 Å². The molecule has 1 heterocycles. The summed E-state index contributed by atoms with van der Waals surface area (Å²) in [5.41, 5.74) is 0.0837. The minimum Gasteiger partial charge on any atom is -0.478 e. The highest BCUT2D eigenvalue weighted by Gasteiger charge is 2.13. The van der Waals surface area contributed by atoms with Crippen molar-refractivity contribution in [2.45, 2.75) is 0 Å². The number of hydrogen-bond donors (Lipinski definition) is 1. The molecule has 6 nitrogen and oxygen atoms in total. The lowest BCUT2D eigenvalue weighted by atomic mass is 10.2. The molecule has 0 aliphatic heterocycles. The Morgan fingerprint density at radius 1 is 1.45 bits per heavy atom. The number of ether oxygens (including phenoxy) is 2. The van der Waals surface area contributed by atoms with E-state index in [4.69, 9.17) is 26.2 Å². The molecule has 1 aromatic heterocycles. The van der Waals surface area contributed by atoms with Crippen LogP contribution < -0.4 is 9.47 Å². The van der Waals surface area contributed by atoms with Gasteiger partial charge in [-0.1, -0.05) is 11.6 Å². The zero-order chi connectivity index (χ0) is 14.7. The summed E-state index contributed by atoms with van der Waals surface area (Å²) < 4.78 is 10.9. The van der Waals surface area contributed by atoms with Gasteiger partial charge in [-0.05, 0) is 34.1 Å². The van der Waals surface area contributed by atoms with Gasteiger partial charge in [-0.3, -0.25) is 0 Å². The Labute approximate surface area is 127 Å². The predicted molar refractivity (Wildman–Crippen MR) is 74.8 cm³/mol. The molecular formula is C12H8BrClN2O4. The third-order valence-electron chi connectivity index (χ3n) is 2.26. The lowest BCUT2D eigenvalue weighted by Crippen LogP contribution is -1.99. The molecule has 0 fully saturated rings. The van der Waals surface area contributed by atoms with Gasteiger partial charge >= 0.3 is 12.0 Å². The van der Waals surface area contributed by atoms with Crippen molar-refractivity contribution in [3.63, 3.8) is 0 Å². The van der Waals surface area contributed by atoms with Gasteiger partial charge in [0.25, 0.3) is 0 Å². The van der Waals surface area contributed by atoms with Crippen LogP contribution in [0.3, 0.4) is 0 Å². The van der Waals surface area contributed by atoms with E-state index in [0.717, 1.165) is 0 Å². The SMILES string of the molecule is COc1ncc(Cl)c(Oc2cc(C(=O)O)ccc2Br)n1. The zero-order valence-electron chi connectivity index (χ0n) is 10.1. The normalized spacial score (nSPS) is 10.2. The molecule has 0 bridgehead atoms. The topological polar surface area (TPSA) is 81.5 Å². The van der Waals surface area contributed by atoms with Gasteiger partial charge in [0.1, 0.15) is 10.8 Å². The van der Waals surface area contributed by atoms with Crippen LogP contribution in [0.2, 0.25) is 5.02 Å². The van der Waals surface area contributed by atoms with E-state index in [9.17, 15) is 4.79 Å². The lowest BCUT2D eigenvalue weighted by Gasteiger charge is -2.09. The number of carboxylic acid groups (broad SMARTS) is 1. The van der Waals surface area contributed by atoms with Crippen LogP contribution in [0.15, 0.2) is 28.9 Å². The maximum absolute atomic E-state index is 10.9. The molecule has 1 N–H and O–H groups in total. The zero-order valence-corrected chi connectivity index (χ0v) is 12.5. The lowest BCUT2D eigenvalue weighted by molar-refractivity contribution is 0.0696. The molecule has 20 heavy (non-hydrogen) atoms. The fourth-order valence-electron chi connectivity index (χ4n) is 1.32. The summed E-state index contributed by atoms with van der Waals surface area (Å²) >= 11 is 9.18. The number of carboxylic acids is 1. The number of aromatic carboxylic acids is 1. The Bertz CT molecular complexity index is 666. The monoisotopic (exact) mass is 358 g/mol. The maximum Gasteiger partial charge on any atom is 0.335 e. The van der Waals surface area contributed by atoms with E-state index >= 15 is 0 Å². The average Bonchev–Trinajstić information content (AvgIpc) is 2.43.